The molecule has 0 aliphatic heterocycles. The molecule has 1 amide bonds. The zero-order valence-corrected chi connectivity index (χ0v) is 9.98. The van der Waals surface area contributed by atoms with Crippen LogP contribution in [0.1, 0.15) is 17.3 Å². The van der Waals surface area contributed by atoms with Crippen LogP contribution in [0.15, 0.2) is 18.2 Å². The molecule has 1 aromatic rings. The largest absolute Gasteiger partial charge is 0.497 e. The van der Waals surface area contributed by atoms with Gasteiger partial charge >= 0.3 is 0 Å². The molecule has 5 heteroatoms. The smallest absolute Gasteiger partial charge is 0.256 e. The van der Waals surface area contributed by atoms with Crippen LogP contribution in [0.3, 0.4) is 0 Å². The van der Waals surface area contributed by atoms with Crippen LogP contribution in [-0.4, -0.2) is 26.2 Å². The van der Waals surface area contributed by atoms with Gasteiger partial charge in [0, 0.05) is 0 Å². The Morgan fingerprint density at radius 3 is 2.65 bits per heavy atom. The number of benzene rings is 1. The molecular weight excluding hydrogens is 220 g/mol. The van der Waals surface area contributed by atoms with Crippen LogP contribution >= 0.6 is 0 Å². The molecule has 0 aliphatic rings. The summed E-state index contributed by atoms with van der Waals surface area (Å²) in [5.41, 5.74) is 0.342. The van der Waals surface area contributed by atoms with Crippen molar-refractivity contribution in [3.63, 3.8) is 0 Å². The fraction of sp³-hybridized carbons (Fsp3) is 0.333. The lowest BCUT2D eigenvalue weighted by atomic mass is 10.1. The normalized spacial score (nSPS) is 11.2. The predicted molar refractivity (Wildman–Crippen MR) is 62.1 cm³/mol. The van der Waals surface area contributed by atoms with Gasteiger partial charge in [-0.2, -0.15) is 5.26 Å². The van der Waals surface area contributed by atoms with E-state index < -0.39 is 6.04 Å². The number of rotatable bonds is 4. The molecule has 0 heterocycles. The number of hydrogen-bond donors (Lipinski definition) is 1. The molecule has 90 valence electrons. The van der Waals surface area contributed by atoms with Crippen LogP contribution in [0.2, 0.25) is 0 Å². The number of methoxy groups -OCH3 is 2. The first-order chi connectivity index (χ1) is 8.12. The maximum absolute atomic E-state index is 11.9. The molecule has 0 aromatic heterocycles. The predicted octanol–water partition coefficient (Wildman–Crippen LogP) is 1.35. The fourth-order valence-electron chi connectivity index (χ4n) is 1.30. The second kappa shape index (κ2) is 5.75. The molecule has 0 radical (unpaired) electrons. The third kappa shape index (κ3) is 3.11. The van der Waals surface area contributed by atoms with Crippen LogP contribution in [0, 0.1) is 11.3 Å². The van der Waals surface area contributed by atoms with E-state index in [4.69, 9.17) is 14.7 Å². The molecule has 1 atom stereocenters. The molecule has 0 saturated carbocycles. The minimum absolute atomic E-state index is 0.342. The van der Waals surface area contributed by atoms with E-state index in [0.717, 1.165) is 0 Å². The molecule has 17 heavy (non-hydrogen) atoms. The first-order valence-electron chi connectivity index (χ1n) is 5.05. The van der Waals surface area contributed by atoms with Crippen LogP contribution in [0.4, 0.5) is 0 Å². The highest BCUT2D eigenvalue weighted by Gasteiger charge is 2.15. The summed E-state index contributed by atoms with van der Waals surface area (Å²) in [6.07, 6.45) is 0. The van der Waals surface area contributed by atoms with Crippen molar-refractivity contribution in [3.8, 4) is 17.6 Å². The standard InChI is InChI=1S/C12H14N2O3/c1-8(7-13)14-12(15)10-6-9(16-2)4-5-11(10)17-3/h4-6,8H,1-3H3,(H,14,15). The maximum atomic E-state index is 11.9. The highest BCUT2D eigenvalue weighted by molar-refractivity contribution is 5.97. The highest BCUT2D eigenvalue weighted by atomic mass is 16.5. The van der Waals surface area contributed by atoms with E-state index >= 15 is 0 Å². The summed E-state index contributed by atoms with van der Waals surface area (Å²) >= 11 is 0. The number of nitrogens with zero attached hydrogens (tertiary/aromatic N) is 1. The highest BCUT2D eigenvalue weighted by Crippen LogP contribution is 2.23. The van der Waals surface area contributed by atoms with Gasteiger partial charge in [-0.25, -0.2) is 0 Å². The van der Waals surface area contributed by atoms with Gasteiger partial charge in [-0.3, -0.25) is 4.79 Å². The number of carbonyl (C=O) groups is 1. The first-order valence-corrected chi connectivity index (χ1v) is 5.05. The summed E-state index contributed by atoms with van der Waals surface area (Å²) in [5, 5.41) is 11.2. The minimum atomic E-state index is -0.557. The number of nitrogens with one attached hydrogen (secondary N) is 1. The molecule has 0 fully saturated rings. The average molecular weight is 234 g/mol. The maximum Gasteiger partial charge on any atom is 0.256 e. The zero-order chi connectivity index (χ0) is 12.8. The molecular formula is C12H14N2O3. The summed E-state index contributed by atoms with van der Waals surface area (Å²) in [6, 6.07) is 6.28. The molecule has 1 unspecified atom stereocenters. The van der Waals surface area contributed by atoms with Crippen molar-refractivity contribution in [1.82, 2.24) is 5.32 Å². The van der Waals surface area contributed by atoms with Crippen molar-refractivity contribution in [2.24, 2.45) is 0 Å². The first kappa shape index (κ1) is 12.8. The van der Waals surface area contributed by atoms with Crippen molar-refractivity contribution >= 4 is 5.91 Å². The summed E-state index contributed by atoms with van der Waals surface area (Å²) in [5.74, 6) is 0.629. The van der Waals surface area contributed by atoms with Crippen molar-refractivity contribution in [1.29, 1.82) is 5.26 Å². The van der Waals surface area contributed by atoms with Crippen LogP contribution in [0.25, 0.3) is 0 Å². The Bertz CT molecular complexity index is 452. The Hall–Kier alpha value is -2.22. The van der Waals surface area contributed by atoms with Gasteiger partial charge in [-0.15, -0.1) is 0 Å². The molecule has 0 saturated heterocycles. The van der Waals surface area contributed by atoms with E-state index in [1.54, 1.807) is 25.1 Å². The molecule has 0 bridgehead atoms. The van der Waals surface area contributed by atoms with Gasteiger partial charge in [0.25, 0.3) is 5.91 Å². The van der Waals surface area contributed by atoms with Crippen LogP contribution in [-0.2, 0) is 0 Å². The van der Waals surface area contributed by atoms with E-state index in [1.165, 1.54) is 14.2 Å². The lowest BCUT2D eigenvalue weighted by molar-refractivity contribution is 0.0944. The Kier molecular flexibility index (Phi) is 4.35. The van der Waals surface area contributed by atoms with Crippen LogP contribution < -0.4 is 14.8 Å². The van der Waals surface area contributed by atoms with Gasteiger partial charge in [-0.05, 0) is 25.1 Å². The number of nitriles is 1. The Morgan fingerprint density at radius 1 is 1.41 bits per heavy atom. The SMILES string of the molecule is COc1ccc(OC)c(C(=O)NC(C)C#N)c1. The lowest BCUT2D eigenvalue weighted by Crippen LogP contribution is -2.31. The lowest BCUT2D eigenvalue weighted by Gasteiger charge is -2.11. The van der Waals surface area contributed by atoms with Gasteiger partial charge < -0.3 is 14.8 Å². The van der Waals surface area contributed by atoms with Crippen molar-refractivity contribution in [2.45, 2.75) is 13.0 Å². The monoisotopic (exact) mass is 234 g/mol. The Morgan fingerprint density at radius 2 is 2.12 bits per heavy atom. The van der Waals surface area contributed by atoms with E-state index in [2.05, 4.69) is 5.32 Å². The van der Waals surface area contributed by atoms with Crippen molar-refractivity contribution in [2.75, 3.05) is 14.2 Å². The summed E-state index contributed by atoms with van der Waals surface area (Å²) in [4.78, 5) is 11.9. The van der Waals surface area contributed by atoms with Gasteiger partial charge in [0.2, 0.25) is 0 Å². The number of ether oxygens (including phenoxy) is 2. The number of hydrogen-bond acceptors (Lipinski definition) is 4. The molecule has 1 N–H and O–H groups in total. The van der Waals surface area contributed by atoms with Gasteiger partial charge in [0.15, 0.2) is 0 Å². The van der Waals surface area contributed by atoms with Gasteiger partial charge in [0.05, 0.1) is 25.9 Å². The molecule has 5 nitrogen and oxygen atoms in total. The van der Waals surface area contributed by atoms with Gasteiger partial charge in [0.1, 0.15) is 17.5 Å². The average Bonchev–Trinajstić information content (AvgIpc) is 2.37. The van der Waals surface area contributed by atoms with E-state index in [-0.39, 0.29) is 5.91 Å². The quantitative estimate of drug-likeness (QED) is 0.853. The third-order valence-electron chi connectivity index (χ3n) is 2.19. The van der Waals surface area contributed by atoms with E-state index in [9.17, 15) is 4.79 Å². The Balaban J connectivity index is 3.02. The number of amides is 1. The summed E-state index contributed by atoms with van der Waals surface area (Å²) in [7, 11) is 2.99. The van der Waals surface area contributed by atoms with Crippen molar-refractivity contribution < 1.29 is 14.3 Å². The number of carbonyl (C=O) groups excluding carboxylic acids is 1. The van der Waals surface area contributed by atoms with Crippen LogP contribution in [0.5, 0.6) is 11.5 Å². The summed E-state index contributed by atoms with van der Waals surface area (Å²) in [6.45, 7) is 1.60. The topological polar surface area (TPSA) is 71.3 Å². The summed E-state index contributed by atoms with van der Waals surface area (Å²) < 4.78 is 10.1. The van der Waals surface area contributed by atoms with E-state index in [1.807, 2.05) is 6.07 Å². The molecule has 1 rings (SSSR count). The second-order valence-corrected chi connectivity index (χ2v) is 3.39. The fourth-order valence-corrected chi connectivity index (χ4v) is 1.30. The zero-order valence-electron chi connectivity index (χ0n) is 9.98. The molecule has 0 aliphatic carbocycles. The third-order valence-corrected chi connectivity index (χ3v) is 2.19. The minimum Gasteiger partial charge on any atom is -0.497 e. The van der Waals surface area contributed by atoms with Gasteiger partial charge in [-0.1, -0.05) is 0 Å². The van der Waals surface area contributed by atoms with Crippen molar-refractivity contribution in [3.05, 3.63) is 23.8 Å². The Labute approximate surface area is 100.0 Å². The molecule has 1 aromatic carbocycles. The molecule has 0 spiro atoms. The van der Waals surface area contributed by atoms with E-state index in [0.29, 0.717) is 17.1 Å². The second-order valence-electron chi connectivity index (χ2n) is 3.39.